The lowest BCUT2D eigenvalue weighted by molar-refractivity contribution is -0.137. The van der Waals surface area contributed by atoms with Gasteiger partial charge in [-0.1, -0.05) is 36.4 Å². The van der Waals surface area contributed by atoms with E-state index in [0.717, 1.165) is 5.56 Å². The fourth-order valence-corrected chi connectivity index (χ4v) is 1.24. The van der Waals surface area contributed by atoms with Crippen molar-refractivity contribution < 1.29 is 14.6 Å². The number of ether oxygens (including phenoxy) is 1. The summed E-state index contributed by atoms with van der Waals surface area (Å²) in [4.78, 5) is 11.5. The van der Waals surface area contributed by atoms with Gasteiger partial charge in [-0.3, -0.25) is 0 Å². The van der Waals surface area contributed by atoms with Gasteiger partial charge in [-0.05, 0) is 12.5 Å². The highest BCUT2D eigenvalue weighted by Crippen LogP contribution is 2.15. The van der Waals surface area contributed by atoms with Crippen LogP contribution in [-0.4, -0.2) is 24.3 Å². The van der Waals surface area contributed by atoms with Crippen LogP contribution in [0.2, 0.25) is 0 Å². The van der Waals surface area contributed by atoms with Crippen LogP contribution in [0.3, 0.4) is 0 Å². The highest BCUT2D eigenvalue weighted by atomic mass is 16.5. The van der Waals surface area contributed by atoms with E-state index in [0.29, 0.717) is 5.57 Å². The molecular formula is C12H14O3. The summed E-state index contributed by atoms with van der Waals surface area (Å²) in [5, 5.41) is 8.54. The van der Waals surface area contributed by atoms with E-state index >= 15 is 0 Å². The molecule has 0 unspecified atom stereocenters. The molecule has 0 aliphatic rings. The van der Waals surface area contributed by atoms with Crippen LogP contribution in [0.15, 0.2) is 36.4 Å². The molecule has 0 saturated carbocycles. The molecule has 1 N–H and O–H groups in total. The predicted octanol–water partition coefficient (Wildman–Crippen LogP) is 1.63. The first-order valence-corrected chi connectivity index (χ1v) is 4.79. The number of hydrogen-bond donors (Lipinski definition) is 1. The third-order valence-electron chi connectivity index (χ3n) is 1.92. The molecule has 0 atom stereocenters. The van der Waals surface area contributed by atoms with E-state index in [2.05, 4.69) is 0 Å². The summed E-state index contributed by atoms with van der Waals surface area (Å²) in [5.41, 5.74) is 1.34. The lowest BCUT2D eigenvalue weighted by Crippen LogP contribution is -2.10. The van der Waals surface area contributed by atoms with Crippen LogP contribution in [0.25, 0.3) is 5.57 Å². The zero-order valence-corrected chi connectivity index (χ0v) is 8.64. The first kappa shape index (κ1) is 11.5. The highest BCUT2D eigenvalue weighted by Gasteiger charge is 2.11. The van der Waals surface area contributed by atoms with Gasteiger partial charge in [0.25, 0.3) is 0 Å². The highest BCUT2D eigenvalue weighted by molar-refractivity contribution is 6.16. The second kappa shape index (κ2) is 5.98. The molecule has 0 aliphatic carbocycles. The molecule has 0 radical (unpaired) electrons. The summed E-state index contributed by atoms with van der Waals surface area (Å²) >= 11 is 0. The summed E-state index contributed by atoms with van der Waals surface area (Å²) in [6.07, 6.45) is 1.70. The number of aliphatic hydroxyl groups excluding tert-OH is 1. The van der Waals surface area contributed by atoms with E-state index in [1.807, 2.05) is 30.3 Å². The largest absolute Gasteiger partial charge is 0.460 e. The van der Waals surface area contributed by atoms with E-state index in [4.69, 9.17) is 9.84 Å². The van der Waals surface area contributed by atoms with Crippen molar-refractivity contribution in [2.24, 2.45) is 0 Å². The van der Waals surface area contributed by atoms with E-state index in [1.165, 1.54) is 0 Å². The minimum absolute atomic E-state index is 0.0308. The summed E-state index contributed by atoms with van der Waals surface area (Å²) in [6, 6.07) is 9.29. The first-order chi connectivity index (χ1) is 7.29. The van der Waals surface area contributed by atoms with E-state index < -0.39 is 5.97 Å². The fourth-order valence-electron chi connectivity index (χ4n) is 1.24. The minimum Gasteiger partial charge on any atom is -0.460 e. The quantitative estimate of drug-likeness (QED) is 0.601. The van der Waals surface area contributed by atoms with Crippen LogP contribution < -0.4 is 0 Å². The van der Waals surface area contributed by atoms with E-state index in [1.54, 1.807) is 13.0 Å². The summed E-state index contributed by atoms with van der Waals surface area (Å²) in [5.74, 6) is -0.405. The van der Waals surface area contributed by atoms with Gasteiger partial charge in [0.2, 0.25) is 0 Å². The number of hydrogen-bond acceptors (Lipinski definition) is 3. The van der Waals surface area contributed by atoms with Gasteiger partial charge in [-0.15, -0.1) is 0 Å². The average molecular weight is 206 g/mol. The van der Waals surface area contributed by atoms with Gasteiger partial charge in [-0.25, -0.2) is 4.79 Å². The molecule has 0 aliphatic heterocycles. The molecule has 0 spiro atoms. The van der Waals surface area contributed by atoms with Gasteiger partial charge >= 0.3 is 5.97 Å². The molecule has 0 heterocycles. The number of allylic oxidation sites excluding steroid dienone is 1. The zero-order chi connectivity index (χ0) is 11.1. The van der Waals surface area contributed by atoms with E-state index in [-0.39, 0.29) is 13.2 Å². The van der Waals surface area contributed by atoms with Gasteiger partial charge in [0.05, 0.1) is 12.2 Å². The molecule has 1 rings (SSSR count). The molecule has 1 aromatic rings. The van der Waals surface area contributed by atoms with Crippen molar-refractivity contribution in [1.29, 1.82) is 0 Å². The van der Waals surface area contributed by atoms with Gasteiger partial charge in [0.15, 0.2) is 0 Å². The standard InChI is InChI=1S/C12H14O3/c1-2-11(12(14)15-9-8-13)10-6-4-3-5-7-10/h2-7,13H,8-9H2,1H3. The van der Waals surface area contributed by atoms with Crippen LogP contribution in [0.1, 0.15) is 12.5 Å². The number of aliphatic hydroxyl groups is 1. The van der Waals surface area contributed by atoms with Crippen molar-refractivity contribution in [2.45, 2.75) is 6.92 Å². The predicted molar refractivity (Wildman–Crippen MR) is 58.1 cm³/mol. The molecule has 1 aromatic carbocycles. The Morgan fingerprint density at radius 3 is 2.60 bits per heavy atom. The lowest BCUT2D eigenvalue weighted by Gasteiger charge is -2.06. The molecule has 0 bridgehead atoms. The van der Waals surface area contributed by atoms with Gasteiger partial charge < -0.3 is 9.84 Å². The normalized spacial score (nSPS) is 11.2. The zero-order valence-electron chi connectivity index (χ0n) is 8.64. The van der Waals surface area contributed by atoms with Crippen LogP contribution in [0.5, 0.6) is 0 Å². The molecule has 0 aromatic heterocycles. The molecule has 15 heavy (non-hydrogen) atoms. The monoisotopic (exact) mass is 206 g/mol. The summed E-state index contributed by atoms with van der Waals surface area (Å²) < 4.78 is 4.84. The number of rotatable bonds is 4. The lowest BCUT2D eigenvalue weighted by atomic mass is 10.1. The second-order valence-electron chi connectivity index (χ2n) is 2.93. The fraction of sp³-hybridized carbons (Fsp3) is 0.250. The Morgan fingerprint density at radius 2 is 2.07 bits per heavy atom. The third kappa shape index (κ3) is 3.22. The summed E-state index contributed by atoms with van der Waals surface area (Å²) in [7, 11) is 0. The second-order valence-corrected chi connectivity index (χ2v) is 2.93. The van der Waals surface area contributed by atoms with Crippen molar-refractivity contribution in [1.82, 2.24) is 0 Å². The van der Waals surface area contributed by atoms with Gasteiger partial charge in [-0.2, -0.15) is 0 Å². The first-order valence-electron chi connectivity index (χ1n) is 4.79. The van der Waals surface area contributed by atoms with Crippen molar-refractivity contribution >= 4 is 11.5 Å². The van der Waals surface area contributed by atoms with Crippen molar-refractivity contribution in [3.63, 3.8) is 0 Å². The van der Waals surface area contributed by atoms with E-state index in [9.17, 15) is 4.79 Å². The van der Waals surface area contributed by atoms with Crippen LogP contribution in [0, 0.1) is 0 Å². The molecule has 0 amide bonds. The van der Waals surface area contributed by atoms with Crippen molar-refractivity contribution in [2.75, 3.05) is 13.2 Å². The van der Waals surface area contributed by atoms with Crippen LogP contribution in [-0.2, 0) is 9.53 Å². The van der Waals surface area contributed by atoms with Crippen LogP contribution in [0.4, 0.5) is 0 Å². The Labute approximate surface area is 89.0 Å². The van der Waals surface area contributed by atoms with Crippen molar-refractivity contribution in [3.05, 3.63) is 42.0 Å². The Hall–Kier alpha value is -1.61. The smallest absolute Gasteiger partial charge is 0.338 e. The Balaban J connectivity index is 2.78. The van der Waals surface area contributed by atoms with Crippen LogP contribution >= 0.6 is 0 Å². The Kier molecular flexibility index (Phi) is 4.57. The van der Waals surface area contributed by atoms with Gasteiger partial charge in [0, 0.05) is 0 Å². The Bertz CT molecular complexity index is 341. The molecule has 3 heteroatoms. The Morgan fingerprint density at radius 1 is 1.40 bits per heavy atom. The topological polar surface area (TPSA) is 46.5 Å². The maximum atomic E-state index is 11.5. The molecular weight excluding hydrogens is 192 g/mol. The van der Waals surface area contributed by atoms with Gasteiger partial charge in [0.1, 0.15) is 6.61 Å². The molecule has 3 nitrogen and oxygen atoms in total. The number of carbonyl (C=O) groups excluding carboxylic acids is 1. The number of carbonyl (C=O) groups is 1. The third-order valence-corrected chi connectivity index (χ3v) is 1.92. The maximum Gasteiger partial charge on any atom is 0.338 e. The SMILES string of the molecule is CC=C(C(=O)OCCO)c1ccccc1. The number of benzene rings is 1. The molecule has 0 fully saturated rings. The number of esters is 1. The molecule has 80 valence electrons. The average Bonchev–Trinajstić information content (AvgIpc) is 2.29. The molecule has 0 saturated heterocycles. The summed E-state index contributed by atoms with van der Waals surface area (Å²) in [6.45, 7) is 1.66. The maximum absolute atomic E-state index is 11.5. The minimum atomic E-state index is -0.405. The van der Waals surface area contributed by atoms with Crippen molar-refractivity contribution in [3.8, 4) is 0 Å².